The predicted octanol–water partition coefficient (Wildman–Crippen LogP) is 3.48. The van der Waals surface area contributed by atoms with E-state index in [9.17, 15) is 13.9 Å². The van der Waals surface area contributed by atoms with Crippen LogP contribution in [0, 0.1) is 11.6 Å². The predicted molar refractivity (Wildman–Crippen MR) is 116 cm³/mol. The minimum absolute atomic E-state index is 0.159. The van der Waals surface area contributed by atoms with Crippen molar-refractivity contribution in [1.82, 2.24) is 19.7 Å². The number of hydrogen-bond acceptors (Lipinski definition) is 9. The molecule has 0 amide bonds. The highest BCUT2D eigenvalue weighted by atomic mass is 19.1. The van der Waals surface area contributed by atoms with E-state index >= 15 is 0 Å². The van der Waals surface area contributed by atoms with Crippen LogP contribution < -0.4 is 19.5 Å². The molecule has 1 aliphatic rings. The number of hydrogen-bond donors (Lipinski definition) is 2. The molecule has 0 bridgehead atoms. The molecule has 2 aromatic heterocycles. The van der Waals surface area contributed by atoms with E-state index in [0.29, 0.717) is 18.1 Å². The molecule has 1 unspecified atom stereocenters. The maximum Gasteiger partial charge on any atom is 0.228 e. The van der Waals surface area contributed by atoms with Gasteiger partial charge in [-0.3, -0.25) is 0 Å². The molecule has 0 aliphatic carbocycles. The Morgan fingerprint density at radius 1 is 1.12 bits per heavy atom. The second-order valence-electron chi connectivity index (χ2n) is 7.49. The SMILES string of the molecule is COc1cc(OC)c(F)c(COc2cnc(Nc3cc(CO)nn3C3CCCCO3)nc2)c1F. The van der Waals surface area contributed by atoms with Gasteiger partial charge >= 0.3 is 0 Å². The third kappa shape index (κ3) is 5.02. The second-order valence-corrected chi connectivity index (χ2v) is 7.49. The van der Waals surface area contributed by atoms with Crippen molar-refractivity contribution in [2.75, 3.05) is 26.1 Å². The molecule has 0 spiro atoms. The zero-order valence-electron chi connectivity index (χ0n) is 18.8. The molecule has 34 heavy (non-hydrogen) atoms. The van der Waals surface area contributed by atoms with Crippen LogP contribution >= 0.6 is 0 Å². The number of ether oxygens (including phenoxy) is 4. The van der Waals surface area contributed by atoms with Crippen molar-refractivity contribution in [2.24, 2.45) is 0 Å². The Labute approximate surface area is 194 Å². The molecule has 1 saturated heterocycles. The van der Waals surface area contributed by atoms with Gasteiger partial charge in [-0.2, -0.15) is 5.10 Å². The van der Waals surface area contributed by atoms with E-state index in [1.807, 2.05) is 0 Å². The van der Waals surface area contributed by atoms with Gasteiger partial charge in [0.2, 0.25) is 5.95 Å². The summed E-state index contributed by atoms with van der Waals surface area (Å²) in [6.45, 7) is -0.00145. The number of aliphatic hydroxyl groups is 1. The molecular weight excluding hydrogens is 452 g/mol. The molecule has 1 atom stereocenters. The molecule has 0 radical (unpaired) electrons. The van der Waals surface area contributed by atoms with Crippen LogP contribution in [0.25, 0.3) is 0 Å². The fourth-order valence-electron chi connectivity index (χ4n) is 3.54. The average Bonchev–Trinajstić information content (AvgIpc) is 3.28. The molecule has 1 fully saturated rings. The molecule has 3 heterocycles. The summed E-state index contributed by atoms with van der Waals surface area (Å²) in [6, 6.07) is 2.82. The molecule has 1 aromatic carbocycles. The molecule has 182 valence electrons. The summed E-state index contributed by atoms with van der Waals surface area (Å²) >= 11 is 0. The van der Waals surface area contributed by atoms with E-state index in [0.717, 1.165) is 25.3 Å². The summed E-state index contributed by atoms with van der Waals surface area (Å²) in [6.07, 6.45) is 5.30. The van der Waals surface area contributed by atoms with Crippen molar-refractivity contribution in [3.05, 3.63) is 47.4 Å². The highest BCUT2D eigenvalue weighted by Gasteiger charge is 2.22. The lowest BCUT2D eigenvalue weighted by Crippen LogP contribution is -2.20. The van der Waals surface area contributed by atoms with Gasteiger partial charge in [-0.1, -0.05) is 0 Å². The first kappa shape index (κ1) is 23.6. The molecule has 1 aliphatic heterocycles. The Kier molecular flexibility index (Phi) is 7.38. The third-order valence-corrected chi connectivity index (χ3v) is 5.29. The summed E-state index contributed by atoms with van der Waals surface area (Å²) in [7, 11) is 2.55. The number of rotatable bonds is 9. The Balaban J connectivity index is 1.46. The summed E-state index contributed by atoms with van der Waals surface area (Å²) in [5.41, 5.74) is 0.140. The summed E-state index contributed by atoms with van der Waals surface area (Å²) in [5, 5.41) is 16.9. The van der Waals surface area contributed by atoms with E-state index < -0.39 is 18.2 Å². The van der Waals surface area contributed by atoms with Crippen LogP contribution in [-0.4, -0.2) is 45.7 Å². The van der Waals surface area contributed by atoms with Crippen LogP contribution in [0.5, 0.6) is 17.2 Å². The first-order valence-corrected chi connectivity index (χ1v) is 10.7. The Morgan fingerprint density at radius 3 is 2.41 bits per heavy atom. The van der Waals surface area contributed by atoms with Crippen molar-refractivity contribution in [3.8, 4) is 17.2 Å². The Morgan fingerprint density at radius 2 is 1.82 bits per heavy atom. The smallest absolute Gasteiger partial charge is 0.228 e. The number of nitrogens with one attached hydrogen (secondary N) is 1. The zero-order chi connectivity index (χ0) is 24.1. The normalized spacial score (nSPS) is 15.7. The second kappa shape index (κ2) is 10.6. The van der Waals surface area contributed by atoms with E-state index in [1.165, 1.54) is 26.6 Å². The maximum absolute atomic E-state index is 14.5. The van der Waals surface area contributed by atoms with Crippen LogP contribution in [0.3, 0.4) is 0 Å². The lowest BCUT2D eigenvalue weighted by molar-refractivity contribution is -0.0384. The van der Waals surface area contributed by atoms with E-state index in [-0.39, 0.29) is 41.6 Å². The lowest BCUT2D eigenvalue weighted by atomic mass is 10.1. The number of anilines is 2. The number of benzene rings is 1. The van der Waals surface area contributed by atoms with Crippen LogP contribution in [0.15, 0.2) is 24.5 Å². The topological polar surface area (TPSA) is 113 Å². The summed E-state index contributed by atoms with van der Waals surface area (Å²) in [5.74, 6) is -1.06. The van der Waals surface area contributed by atoms with Crippen LogP contribution in [0.4, 0.5) is 20.5 Å². The fraction of sp³-hybridized carbons (Fsp3) is 0.409. The molecule has 3 aromatic rings. The fourth-order valence-corrected chi connectivity index (χ4v) is 3.54. The monoisotopic (exact) mass is 477 g/mol. The van der Waals surface area contributed by atoms with E-state index in [2.05, 4.69) is 20.4 Å². The van der Waals surface area contributed by atoms with Crippen molar-refractivity contribution >= 4 is 11.8 Å². The highest BCUT2D eigenvalue weighted by Crippen LogP contribution is 2.32. The minimum Gasteiger partial charge on any atom is -0.494 e. The summed E-state index contributed by atoms with van der Waals surface area (Å²) in [4.78, 5) is 8.38. The lowest BCUT2D eigenvalue weighted by Gasteiger charge is -2.24. The highest BCUT2D eigenvalue weighted by molar-refractivity contribution is 5.49. The molecular formula is C22H25F2N5O5. The minimum atomic E-state index is -0.877. The van der Waals surface area contributed by atoms with Crippen LogP contribution in [0.2, 0.25) is 0 Å². The number of nitrogens with zero attached hydrogens (tertiary/aromatic N) is 4. The van der Waals surface area contributed by atoms with Crippen LogP contribution in [0.1, 0.15) is 36.7 Å². The van der Waals surface area contributed by atoms with Gasteiger partial charge in [0.25, 0.3) is 0 Å². The number of halogens is 2. The quantitative estimate of drug-likeness (QED) is 0.478. The van der Waals surface area contributed by atoms with Crippen LogP contribution in [-0.2, 0) is 18.0 Å². The van der Waals surface area contributed by atoms with Gasteiger partial charge in [-0.05, 0) is 19.3 Å². The third-order valence-electron chi connectivity index (χ3n) is 5.29. The number of aliphatic hydroxyl groups excluding tert-OH is 1. The molecule has 0 saturated carbocycles. The molecule has 10 nitrogen and oxygen atoms in total. The van der Waals surface area contributed by atoms with Gasteiger partial charge in [0.1, 0.15) is 12.4 Å². The van der Waals surface area contributed by atoms with Crippen molar-refractivity contribution in [2.45, 2.75) is 38.7 Å². The van der Waals surface area contributed by atoms with Gasteiger partial charge in [0, 0.05) is 18.7 Å². The van der Waals surface area contributed by atoms with Gasteiger partial charge in [-0.25, -0.2) is 23.4 Å². The van der Waals surface area contributed by atoms with E-state index in [4.69, 9.17) is 18.9 Å². The molecule has 4 rings (SSSR count). The van der Waals surface area contributed by atoms with Gasteiger partial charge < -0.3 is 29.4 Å². The largest absolute Gasteiger partial charge is 0.494 e. The van der Waals surface area contributed by atoms with Crippen molar-refractivity contribution in [3.63, 3.8) is 0 Å². The number of aromatic nitrogens is 4. The maximum atomic E-state index is 14.5. The number of methoxy groups -OCH3 is 2. The van der Waals surface area contributed by atoms with Gasteiger partial charge in [0.15, 0.2) is 35.1 Å². The van der Waals surface area contributed by atoms with Gasteiger partial charge in [-0.15, -0.1) is 0 Å². The first-order chi connectivity index (χ1) is 16.5. The Bertz CT molecular complexity index is 1090. The summed E-state index contributed by atoms with van der Waals surface area (Å²) < 4.78 is 51.8. The standard InChI is InChI=1S/C22H25F2N5O5/c1-31-16-8-17(32-2)21(24)15(20(16)23)12-34-14-9-25-22(26-10-14)27-18-7-13(11-30)28-29(18)19-5-3-4-6-33-19/h7-10,19,30H,3-6,11-12H2,1-2H3,(H,25,26,27). The first-order valence-electron chi connectivity index (χ1n) is 10.7. The molecule has 2 N–H and O–H groups in total. The Hall–Kier alpha value is -3.51. The average molecular weight is 477 g/mol. The van der Waals surface area contributed by atoms with Crippen molar-refractivity contribution < 1.29 is 32.8 Å². The van der Waals surface area contributed by atoms with E-state index in [1.54, 1.807) is 10.7 Å². The van der Waals surface area contributed by atoms with Crippen molar-refractivity contribution in [1.29, 1.82) is 0 Å². The van der Waals surface area contributed by atoms with Gasteiger partial charge in [0.05, 0.1) is 44.5 Å². The zero-order valence-corrected chi connectivity index (χ0v) is 18.8. The molecule has 12 heteroatoms.